The molecule has 1 saturated heterocycles. The summed E-state index contributed by atoms with van der Waals surface area (Å²) in [5.74, 6) is 0. The first-order chi connectivity index (χ1) is 18.6. The molecule has 1 aliphatic rings. The maximum absolute atomic E-state index is 12.8. The van der Waals surface area contributed by atoms with Crippen molar-refractivity contribution in [1.82, 2.24) is 19.4 Å². The third kappa shape index (κ3) is 7.83. The van der Waals surface area contributed by atoms with Gasteiger partial charge in [-0.1, -0.05) is 19.6 Å². The number of sulfone groups is 1. The van der Waals surface area contributed by atoms with Crippen molar-refractivity contribution in [3.63, 3.8) is 0 Å². The number of pyridine rings is 1. The van der Waals surface area contributed by atoms with Crippen LogP contribution in [0.5, 0.6) is 0 Å². The van der Waals surface area contributed by atoms with Crippen LogP contribution in [0.2, 0.25) is 25.7 Å². The van der Waals surface area contributed by atoms with Crippen LogP contribution in [0.1, 0.15) is 33.6 Å². The van der Waals surface area contributed by atoms with Crippen molar-refractivity contribution >= 4 is 52.1 Å². The van der Waals surface area contributed by atoms with Crippen LogP contribution in [0.3, 0.4) is 0 Å². The van der Waals surface area contributed by atoms with Crippen molar-refractivity contribution in [3.8, 4) is 10.6 Å². The van der Waals surface area contributed by atoms with Gasteiger partial charge in [0.1, 0.15) is 27.2 Å². The molecule has 10 nitrogen and oxygen atoms in total. The van der Waals surface area contributed by atoms with Crippen molar-refractivity contribution in [2.75, 3.05) is 31.3 Å². The maximum Gasteiger partial charge on any atom is 0.410 e. The molecule has 4 heterocycles. The lowest BCUT2D eigenvalue weighted by Crippen LogP contribution is -2.47. The molecule has 4 rings (SSSR count). The van der Waals surface area contributed by atoms with E-state index in [1.54, 1.807) is 11.1 Å². The largest absolute Gasteiger partial charge is 0.444 e. The molecule has 0 aromatic carbocycles. The number of hydrogen-bond acceptors (Lipinski definition) is 9. The first-order valence-electron chi connectivity index (χ1n) is 13.6. The van der Waals surface area contributed by atoms with E-state index < -0.39 is 23.5 Å². The SMILES string of the molecule is CC(C)(C)OC(=O)N1CCC[C@@H](Nc2c(-c3ncc(S(C)(=O)=O)s3)cnc3c2ccn3COCC[Si](C)(C)C)C1. The van der Waals surface area contributed by atoms with Crippen molar-refractivity contribution in [2.24, 2.45) is 0 Å². The highest BCUT2D eigenvalue weighted by Gasteiger charge is 2.29. The summed E-state index contributed by atoms with van der Waals surface area (Å²) in [6.45, 7) is 14.8. The molecule has 13 heteroatoms. The first-order valence-corrected chi connectivity index (χ1v) is 20.0. The summed E-state index contributed by atoms with van der Waals surface area (Å²) in [5, 5.41) is 5.12. The van der Waals surface area contributed by atoms with Crippen LogP contribution in [0.25, 0.3) is 21.6 Å². The van der Waals surface area contributed by atoms with E-state index in [1.165, 1.54) is 12.5 Å². The van der Waals surface area contributed by atoms with Crippen LogP contribution < -0.4 is 5.32 Å². The molecule has 220 valence electrons. The molecule has 0 saturated carbocycles. The number of rotatable bonds is 9. The van der Waals surface area contributed by atoms with Gasteiger partial charge in [0, 0.05) is 57.8 Å². The average Bonchev–Trinajstić information content (AvgIpc) is 3.48. The number of carbonyl (C=O) groups excluding carboxylic acids is 1. The van der Waals surface area contributed by atoms with E-state index in [1.807, 2.05) is 37.6 Å². The van der Waals surface area contributed by atoms with Crippen LogP contribution in [0, 0.1) is 0 Å². The summed E-state index contributed by atoms with van der Waals surface area (Å²) in [6.07, 6.45) is 7.66. The van der Waals surface area contributed by atoms with Gasteiger partial charge in [0.05, 0.1) is 17.4 Å². The molecule has 0 spiro atoms. The van der Waals surface area contributed by atoms with E-state index in [0.29, 0.717) is 31.4 Å². The van der Waals surface area contributed by atoms with E-state index in [0.717, 1.165) is 52.5 Å². The number of nitrogens with zero attached hydrogens (tertiary/aromatic N) is 4. The minimum atomic E-state index is -3.38. The standard InChI is InChI=1S/C27H41N5O5S2Si/c1-27(2,3)37-26(33)31-11-8-9-19(17-31)30-23-20-10-12-32(18-36-13-14-40(5,6)7)24(20)28-15-21(23)25-29-16-22(38-25)39(4,34)35/h10,12,15-16,19H,8-9,11,13-14,17-18H2,1-7H3,(H,28,30)/t19-/m1/s1. The second kappa shape index (κ2) is 11.8. The number of fused-ring (bicyclic) bond motifs is 1. The Bertz CT molecular complexity index is 1460. The monoisotopic (exact) mass is 607 g/mol. The fourth-order valence-corrected chi connectivity index (χ4v) is 6.96. The molecule has 0 radical (unpaired) electrons. The molecular weight excluding hydrogens is 567 g/mol. The smallest absolute Gasteiger partial charge is 0.410 e. The van der Waals surface area contributed by atoms with Crippen molar-refractivity contribution in [3.05, 3.63) is 24.7 Å². The van der Waals surface area contributed by atoms with E-state index in [2.05, 4.69) is 29.9 Å². The number of anilines is 1. The summed E-state index contributed by atoms with van der Waals surface area (Å²) in [7, 11) is -4.58. The minimum Gasteiger partial charge on any atom is -0.444 e. The molecule has 0 unspecified atom stereocenters. The van der Waals surface area contributed by atoms with Gasteiger partial charge >= 0.3 is 6.09 Å². The summed E-state index contributed by atoms with van der Waals surface area (Å²) < 4.78 is 38.1. The molecule has 40 heavy (non-hydrogen) atoms. The summed E-state index contributed by atoms with van der Waals surface area (Å²) >= 11 is 1.12. The van der Waals surface area contributed by atoms with Gasteiger partial charge in [-0.25, -0.2) is 23.2 Å². The summed E-state index contributed by atoms with van der Waals surface area (Å²) in [6, 6.07) is 3.05. The molecule has 3 aromatic heterocycles. The van der Waals surface area contributed by atoms with E-state index >= 15 is 0 Å². The Morgan fingerprint density at radius 1 is 1.23 bits per heavy atom. The van der Waals surface area contributed by atoms with Gasteiger partial charge in [0.2, 0.25) is 0 Å². The van der Waals surface area contributed by atoms with Crippen molar-refractivity contribution in [2.45, 2.75) is 81.9 Å². The minimum absolute atomic E-state index is 0.0312. The second-order valence-corrected chi connectivity index (χ2v) is 21.5. The number of amides is 1. The van der Waals surface area contributed by atoms with E-state index in [4.69, 9.17) is 14.5 Å². The molecule has 1 fully saturated rings. The van der Waals surface area contributed by atoms with Crippen LogP contribution in [0.4, 0.5) is 10.5 Å². The highest BCUT2D eigenvalue weighted by Crippen LogP contribution is 2.38. The Labute approximate surface area is 242 Å². The zero-order chi connectivity index (χ0) is 29.3. The molecule has 3 aromatic rings. The Morgan fingerprint density at radius 3 is 2.62 bits per heavy atom. The highest BCUT2D eigenvalue weighted by molar-refractivity contribution is 7.92. The second-order valence-electron chi connectivity index (χ2n) is 12.6. The zero-order valence-corrected chi connectivity index (χ0v) is 27.1. The Morgan fingerprint density at radius 2 is 1.98 bits per heavy atom. The van der Waals surface area contributed by atoms with Crippen molar-refractivity contribution in [1.29, 1.82) is 0 Å². The number of carbonyl (C=O) groups is 1. The Balaban J connectivity index is 1.64. The lowest BCUT2D eigenvalue weighted by molar-refractivity contribution is 0.0206. The third-order valence-corrected chi connectivity index (χ3v) is 11.0. The Hall–Kier alpha value is -2.48. The lowest BCUT2D eigenvalue weighted by atomic mass is 10.0. The molecule has 1 amide bonds. The van der Waals surface area contributed by atoms with Gasteiger partial charge in [0.15, 0.2) is 9.84 Å². The summed E-state index contributed by atoms with van der Waals surface area (Å²) in [4.78, 5) is 23.7. The number of nitrogens with one attached hydrogen (secondary N) is 1. The van der Waals surface area contributed by atoms with Gasteiger partial charge in [-0.05, 0) is 45.7 Å². The fraction of sp³-hybridized carbons (Fsp3) is 0.593. The van der Waals surface area contributed by atoms with Crippen LogP contribution >= 0.6 is 11.3 Å². The summed E-state index contributed by atoms with van der Waals surface area (Å²) in [5.41, 5.74) is 1.74. The van der Waals surface area contributed by atoms with Gasteiger partial charge in [0.25, 0.3) is 0 Å². The van der Waals surface area contributed by atoms with Crippen LogP contribution in [0.15, 0.2) is 28.9 Å². The maximum atomic E-state index is 12.8. The number of aromatic nitrogens is 3. The number of thiazole rings is 1. The Kier molecular flexibility index (Phi) is 8.98. The third-order valence-electron chi connectivity index (χ3n) is 6.52. The average molecular weight is 608 g/mol. The lowest BCUT2D eigenvalue weighted by Gasteiger charge is -2.35. The highest BCUT2D eigenvalue weighted by atomic mass is 32.2. The number of hydrogen-bond donors (Lipinski definition) is 1. The van der Waals surface area contributed by atoms with Crippen LogP contribution in [-0.4, -0.2) is 79.6 Å². The normalized spacial score (nSPS) is 16.9. The van der Waals surface area contributed by atoms with Crippen LogP contribution in [-0.2, 0) is 26.0 Å². The van der Waals surface area contributed by atoms with Gasteiger partial charge < -0.3 is 24.3 Å². The molecular formula is C27H41N5O5S2Si. The van der Waals surface area contributed by atoms with Gasteiger partial charge in [-0.3, -0.25) is 0 Å². The van der Waals surface area contributed by atoms with E-state index in [-0.39, 0.29) is 16.3 Å². The quantitative estimate of drug-likeness (QED) is 0.244. The predicted octanol–water partition coefficient (Wildman–Crippen LogP) is 5.69. The number of piperidine rings is 1. The molecule has 0 aliphatic carbocycles. The molecule has 0 bridgehead atoms. The molecule has 1 aliphatic heterocycles. The molecule has 1 atom stereocenters. The van der Waals surface area contributed by atoms with Gasteiger partial charge in [-0.15, -0.1) is 11.3 Å². The number of ether oxygens (including phenoxy) is 2. The van der Waals surface area contributed by atoms with Gasteiger partial charge in [-0.2, -0.15) is 0 Å². The first kappa shape index (κ1) is 30.5. The topological polar surface area (TPSA) is 116 Å². The predicted molar refractivity (Wildman–Crippen MR) is 163 cm³/mol. The fourth-order valence-electron chi connectivity index (χ4n) is 4.45. The van der Waals surface area contributed by atoms with E-state index in [9.17, 15) is 13.2 Å². The van der Waals surface area contributed by atoms with Crippen molar-refractivity contribution < 1.29 is 22.7 Å². The zero-order valence-electron chi connectivity index (χ0n) is 24.5. The molecule has 1 N–H and O–H groups in total. The number of likely N-dealkylation sites (tertiary alicyclic amines) is 1.